The lowest BCUT2D eigenvalue weighted by atomic mass is 10.0. The van der Waals surface area contributed by atoms with Crippen molar-refractivity contribution in [2.45, 2.75) is 31.8 Å². The predicted molar refractivity (Wildman–Crippen MR) is 68.6 cm³/mol. The molecule has 1 aromatic carbocycles. The number of nitrogens with zero attached hydrogens (tertiary/aromatic N) is 2. The van der Waals surface area contributed by atoms with Gasteiger partial charge in [0, 0.05) is 30.3 Å². The molecule has 0 aliphatic carbocycles. The Balaban J connectivity index is 2.03. The Morgan fingerprint density at radius 2 is 2.11 bits per heavy atom. The highest BCUT2D eigenvalue weighted by Gasteiger charge is 2.24. The van der Waals surface area contributed by atoms with Gasteiger partial charge in [0.15, 0.2) is 11.6 Å². The average molecular weight is 263 g/mol. The second kappa shape index (κ2) is 4.42. The molecule has 3 nitrogen and oxygen atoms in total. The van der Waals surface area contributed by atoms with E-state index in [0.717, 1.165) is 24.7 Å². The van der Waals surface area contributed by atoms with Crippen molar-refractivity contribution in [1.82, 2.24) is 9.55 Å². The highest BCUT2D eigenvalue weighted by molar-refractivity contribution is 5.58. The standard InChI is InChI=1S/C14H15F2N3/c1-8-12(17)4-5-14-18-13(7-19(8)14)9-2-3-10(15)11(16)6-9/h2-3,6-8,12H,4-5,17H2,1H3. The third-order valence-corrected chi connectivity index (χ3v) is 3.78. The van der Waals surface area contributed by atoms with E-state index in [2.05, 4.69) is 4.98 Å². The number of aromatic nitrogens is 2. The van der Waals surface area contributed by atoms with Gasteiger partial charge in [-0.2, -0.15) is 0 Å². The van der Waals surface area contributed by atoms with Gasteiger partial charge in [-0.25, -0.2) is 13.8 Å². The third-order valence-electron chi connectivity index (χ3n) is 3.78. The summed E-state index contributed by atoms with van der Waals surface area (Å²) in [5.74, 6) is -0.745. The van der Waals surface area contributed by atoms with E-state index in [1.54, 1.807) is 0 Å². The van der Waals surface area contributed by atoms with Crippen molar-refractivity contribution in [2.24, 2.45) is 5.73 Å². The van der Waals surface area contributed by atoms with Crippen molar-refractivity contribution < 1.29 is 8.78 Å². The molecule has 0 saturated heterocycles. The molecule has 2 aromatic rings. The van der Waals surface area contributed by atoms with E-state index < -0.39 is 11.6 Å². The summed E-state index contributed by atoms with van der Waals surface area (Å²) in [6, 6.07) is 4.12. The molecule has 2 heterocycles. The number of rotatable bonds is 1. The maximum atomic E-state index is 13.3. The van der Waals surface area contributed by atoms with Gasteiger partial charge < -0.3 is 10.3 Å². The predicted octanol–water partition coefficient (Wildman–Crippen LogP) is 2.66. The first-order valence-corrected chi connectivity index (χ1v) is 6.35. The Bertz CT molecular complexity index is 621. The van der Waals surface area contributed by atoms with Gasteiger partial charge in [0.25, 0.3) is 0 Å². The molecular formula is C14H15F2N3. The molecule has 0 radical (unpaired) electrons. The summed E-state index contributed by atoms with van der Waals surface area (Å²) in [6.07, 6.45) is 3.58. The normalized spacial score (nSPS) is 22.3. The van der Waals surface area contributed by atoms with E-state index in [0.29, 0.717) is 11.3 Å². The number of benzene rings is 1. The largest absolute Gasteiger partial charge is 0.330 e. The third kappa shape index (κ3) is 2.04. The van der Waals surface area contributed by atoms with Crippen molar-refractivity contribution in [2.75, 3.05) is 0 Å². The zero-order valence-corrected chi connectivity index (χ0v) is 10.6. The SMILES string of the molecule is CC1C(N)CCc2nc(-c3ccc(F)c(F)c3)cn21. The van der Waals surface area contributed by atoms with Crippen LogP contribution in [0.5, 0.6) is 0 Å². The number of hydrogen-bond acceptors (Lipinski definition) is 2. The van der Waals surface area contributed by atoms with Gasteiger partial charge in [0.2, 0.25) is 0 Å². The number of nitrogens with two attached hydrogens (primary N) is 1. The Morgan fingerprint density at radius 3 is 2.84 bits per heavy atom. The zero-order valence-electron chi connectivity index (χ0n) is 10.6. The van der Waals surface area contributed by atoms with Gasteiger partial charge in [0.1, 0.15) is 5.82 Å². The minimum atomic E-state index is -0.853. The van der Waals surface area contributed by atoms with Crippen LogP contribution in [0.2, 0.25) is 0 Å². The van der Waals surface area contributed by atoms with E-state index in [-0.39, 0.29) is 12.1 Å². The van der Waals surface area contributed by atoms with Crippen LogP contribution < -0.4 is 5.73 Å². The minimum absolute atomic E-state index is 0.111. The van der Waals surface area contributed by atoms with Gasteiger partial charge in [-0.15, -0.1) is 0 Å². The van der Waals surface area contributed by atoms with Crippen molar-refractivity contribution in [3.63, 3.8) is 0 Å². The van der Waals surface area contributed by atoms with Crippen LogP contribution in [0.3, 0.4) is 0 Å². The Labute approximate surface area is 110 Å². The van der Waals surface area contributed by atoms with E-state index in [4.69, 9.17) is 5.73 Å². The smallest absolute Gasteiger partial charge is 0.159 e. The van der Waals surface area contributed by atoms with Crippen LogP contribution in [0.1, 0.15) is 25.2 Å². The molecule has 100 valence electrons. The Kier molecular flexibility index (Phi) is 2.86. The summed E-state index contributed by atoms with van der Waals surface area (Å²) >= 11 is 0. The van der Waals surface area contributed by atoms with Crippen LogP contribution in [0.4, 0.5) is 8.78 Å². The molecule has 0 spiro atoms. The van der Waals surface area contributed by atoms with Crippen LogP contribution >= 0.6 is 0 Å². The van der Waals surface area contributed by atoms with E-state index >= 15 is 0 Å². The maximum Gasteiger partial charge on any atom is 0.159 e. The minimum Gasteiger partial charge on any atom is -0.330 e. The molecule has 19 heavy (non-hydrogen) atoms. The monoisotopic (exact) mass is 263 g/mol. The second-order valence-corrected chi connectivity index (χ2v) is 5.02. The first kappa shape index (κ1) is 12.3. The molecule has 3 rings (SSSR count). The Morgan fingerprint density at radius 1 is 1.32 bits per heavy atom. The number of fused-ring (bicyclic) bond motifs is 1. The number of aryl methyl sites for hydroxylation is 1. The van der Waals surface area contributed by atoms with Crippen LogP contribution in [0.15, 0.2) is 24.4 Å². The van der Waals surface area contributed by atoms with Crippen molar-refractivity contribution in [1.29, 1.82) is 0 Å². The second-order valence-electron chi connectivity index (χ2n) is 5.02. The Hall–Kier alpha value is -1.75. The molecular weight excluding hydrogens is 248 g/mol. The van der Waals surface area contributed by atoms with Gasteiger partial charge in [-0.1, -0.05) is 0 Å². The molecule has 0 saturated carbocycles. The van der Waals surface area contributed by atoms with E-state index in [9.17, 15) is 8.78 Å². The number of hydrogen-bond donors (Lipinski definition) is 1. The van der Waals surface area contributed by atoms with Crippen LogP contribution in [-0.2, 0) is 6.42 Å². The lowest BCUT2D eigenvalue weighted by Crippen LogP contribution is -2.35. The van der Waals surface area contributed by atoms with Crippen molar-refractivity contribution in [3.05, 3.63) is 41.9 Å². The van der Waals surface area contributed by atoms with Gasteiger partial charge >= 0.3 is 0 Å². The molecule has 0 fully saturated rings. The summed E-state index contributed by atoms with van der Waals surface area (Å²) in [7, 11) is 0. The fourth-order valence-corrected chi connectivity index (χ4v) is 2.51. The van der Waals surface area contributed by atoms with Crippen LogP contribution in [0.25, 0.3) is 11.3 Å². The highest BCUT2D eigenvalue weighted by Crippen LogP contribution is 2.28. The van der Waals surface area contributed by atoms with Gasteiger partial charge in [-0.05, 0) is 31.5 Å². The molecule has 1 aromatic heterocycles. The van der Waals surface area contributed by atoms with E-state index in [1.807, 2.05) is 17.7 Å². The molecule has 2 N–H and O–H groups in total. The lowest BCUT2D eigenvalue weighted by molar-refractivity contribution is 0.368. The number of halogens is 2. The summed E-state index contributed by atoms with van der Waals surface area (Å²) in [6.45, 7) is 2.05. The maximum absolute atomic E-state index is 13.3. The molecule has 2 atom stereocenters. The fraction of sp³-hybridized carbons (Fsp3) is 0.357. The molecule has 0 bridgehead atoms. The van der Waals surface area contributed by atoms with Gasteiger partial charge in [0.05, 0.1) is 5.69 Å². The lowest BCUT2D eigenvalue weighted by Gasteiger charge is -2.27. The van der Waals surface area contributed by atoms with Gasteiger partial charge in [-0.3, -0.25) is 0 Å². The zero-order chi connectivity index (χ0) is 13.6. The topological polar surface area (TPSA) is 43.8 Å². The summed E-state index contributed by atoms with van der Waals surface area (Å²) in [5, 5.41) is 0. The molecule has 1 aliphatic heterocycles. The van der Waals surface area contributed by atoms with Crippen LogP contribution in [-0.4, -0.2) is 15.6 Å². The van der Waals surface area contributed by atoms with Crippen molar-refractivity contribution in [3.8, 4) is 11.3 Å². The van der Waals surface area contributed by atoms with Crippen molar-refractivity contribution >= 4 is 0 Å². The van der Waals surface area contributed by atoms with Crippen LogP contribution in [0, 0.1) is 11.6 Å². The first-order valence-electron chi connectivity index (χ1n) is 6.35. The summed E-state index contributed by atoms with van der Waals surface area (Å²) in [4.78, 5) is 4.49. The fourth-order valence-electron chi connectivity index (χ4n) is 2.51. The summed E-state index contributed by atoms with van der Waals surface area (Å²) in [5.41, 5.74) is 7.27. The summed E-state index contributed by atoms with van der Waals surface area (Å²) < 4.78 is 28.2. The molecule has 2 unspecified atom stereocenters. The molecule has 5 heteroatoms. The first-order chi connectivity index (χ1) is 9.06. The van der Waals surface area contributed by atoms with E-state index in [1.165, 1.54) is 12.1 Å². The molecule has 0 amide bonds. The average Bonchev–Trinajstić information content (AvgIpc) is 2.82. The highest BCUT2D eigenvalue weighted by atomic mass is 19.2. The quantitative estimate of drug-likeness (QED) is 0.859. The number of imidazole rings is 1. The molecule has 1 aliphatic rings.